The molecule has 0 bridgehead atoms. The maximum absolute atomic E-state index is 11.3. The highest BCUT2D eigenvalue weighted by molar-refractivity contribution is 6.43. The molecular formula is C13H15Cl2N3O3. The minimum Gasteiger partial charge on any atom is -0.386 e. The summed E-state index contributed by atoms with van der Waals surface area (Å²) in [4.78, 5) is 27.3. The largest absolute Gasteiger partial charge is 0.386 e. The van der Waals surface area contributed by atoms with Gasteiger partial charge in [0, 0.05) is 12.1 Å². The summed E-state index contributed by atoms with van der Waals surface area (Å²) in [7, 11) is 0. The first-order valence-electron chi connectivity index (χ1n) is 6.21. The van der Waals surface area contributed by atoms with Gasteiger partial charge in [-0.05, 0) is 12.5 Å². The Balaban J connectivity index is 2.36. The molecule has 0 aliphatic carbocycles. The molecule has 8 heteroatoms. The molecule has 0 atom stereocenters. The first-order valence-corrected chi connectivity index (χ1v) is 6.97. The van der Waals surface area contributed by atoms with Crippen LogP contribution in [0.4, 0.5) is 4.79 Å². The van der Waals surface area contributed by atoms with Crippen LogP contribution in [-0.4, -0.2) is 31.3 Å². The molecule has 0 saturated carbocycles. The van der Waals surface area contributed by atoms with Gasteiger partial charge in [-0.2, -0.15) is 0 Å². The molecule has 0 aliphatic heterocycles. The lowest BCUT2D eigenvalue weighted by atomic mass is 10.2. The van der Waals surface area contributed by atoms with Crippen LogP contribution in [0.25, 0.3) is 0 Å². The normalized spacial score (nSPS) is 10.4. The Morgan fingerprint density at radius 3 is 2.86 bits per heavy atom. The Morgan fingerprint density at radius 1 is 1.38 bits per heavy atom. The number of benzene rings is 1. The van der Waals surface area contributed by atoms with Gasteiger partial charge < -0.3 is 10.2 Å². The van der Waals surface area contributed by atoms with Crippen molar-refractivity contribution < 1.29 is 14.4 Å². The summed E-state index contributed by atoms with van der Waals surface area (Å²) in [6, 6.07) is 4.48. The van der Waals surface area contributed by atoms with Crippen molar-refractivity contribution in [1.29, 1.82) is 0 Å². The Morgan fingerprint density at radius 2 is 2.14 bits per heavy atom. The zero-order valence-corrected chi connectivity index (χ0v) is 12.9. The molecule has 1 rings (SSSR count). The van der Waals surface area contributed by atoms with E-state index in [0.29, 0.717) is 22.2 Å². The number of rotatable bonds is 6. The highest BCUT2D eigenvalue weighted by atomic mass is 35.5. The van der Waals surface area contributed by atoms with E-state index >= 15 is 0 Å². The maximum atomic E-state index is 11.3. The number of carbonyl (C=O) groups excluding carboxylic acids is 2. The van der Waals surface area contributed by atoms with E-state index < -0.39 is 11.9 Å². The SMILES string of the molecule is CCCNC(=O)NC(=O)CO/N=C\c1cccc(Cl)c1Cl. The van der Waals surface area contributed by atoms with Gasteiger partial charge in [-0.1, -0.05) is 47.4 Å². The van der Waals surface area contributed by atoms with Crippen LogP contribution >= 0.6 is 23.2 Å². The fraction of sp³-hybridized carbons (Fsp3) is 0.308. The van der Waals surface area contributed by atoms with E-state index in [9.17, 15) is 9.59 Å². The minimum atomic E-state index is -0.599. The van der Waals surface area contributed by atoms with Crippen LogP contribution in [0.15, 0.2) is 23.4 Å². The first kappa shape index (κ1) is 17.3. The minimum absolute atomic E-state index is 0.343. The molecule has 114 valence electrons. The molecule has 0 heterocycles. The van der Waals surface area contributed by atoms with E-state index in [1.807, 2.05) is 6.92 Å². The van der Waals surface area contributed by atoms with Crippen LogP contribution < -0.4 is 10.6 Å². The Kier molecular flexibility index (Phi) is 7.56. The van der Waals surface area contributed by atoms with E-state index in [-0.39, 0.29) is 6.61 Å². The van der Waals surface area contributed by atoms with Gasteiger partial charge in [0.1, 0.15) is 0 Å². The number of hydrogen-bond donors (Lipinski definition) is 2. The van der Waals surface area contributed by atoms with Crippen molar-refractivity contribution in [3.05, 3.63) is 33.8 Å². The molecule has 0 aromatic heterocycles. The molecule has 0 fully saturated rings. The zero-order chi connectivity index (χ0) is 15.7. The second-order valence-corrected chi connectivity index (χ2v) is 4.74. The van der Waals surface area contributed by atoms with Crippen LogP contribution in [0.1, 0.15) is 18.9 Å². The Labute approximate surface area is 132 Å². The smallest absolute Gasteiger partial charge is 0.321 e. The summed E-state index contributed by atoms with van der Waals surface area (Å²) in [5.74, 6) is -0.599. The van der Waals surface area contributed by atoms with E-state index in [2.05, 4.69) is 15.8 Å². The quantitative estimate of drug-likeness (QED) is 0.621. The second kappa shape index (κ2) is 9.20. The number of carbonyl (C=O) groups is 2. The lowest BCUT2D eigenvalue weighted by molar-refractivity contribution is -0.124. The van der Waals surface area contributed by atoms with Gasteiger partial charge in [0.2, 0.25) is 0 Å². The van der Waals surface area contributed by atoms with Crippen molar-refractivity contribution in [2.24, 2.45) is 5.16 Å². The number of halogens is 2. The lowest BCUT2D eigenvalue weighted by Gasteiger charge is -2.04. The van der Waals surface area contributed by atoms with Gasteiger partial charge in [0.25, 0.3) is 5.91 Å². The molecule has 0 saturated heterocycles. The second-order valence-electron chi connectivity index (χ2n) is 3.96. The number of amides is 3. The van der Waals surface area contributed by atoms with Crippen molar-refractivity contribution in [2.45, 2.75) is 13.3 Å². The van der Waals surface area contributed by atoms with Gasteiger partial charge in [0.15, 0.2) is 6.61 Å². The average Bonchev–Trinajstić information content (AvgIpc) is 2.45. The van der Waals surface area contributed by atoms with E-state index in [0.717, 1.165) is 6.42 Å². The maximum Gasteiger partial charge on any atom is 0.321 e. The summed E-state index contributed by atoms with van der Waals surface area (Å²) < 4.78 is 0. The van der Waals surface area contributed by atoms with Crippen LogP contribution in [-0.2, 0) is 9.63 Å². The number of hydrogen-bond acceptors (Lipinski definition) is 4. The third-order valence-corrected chi connectivity index (χ3v) is 3.07. The molecule has 0 radical (unpaired) electrons. The molecule has 6 nitrogen and oxygen atoms in total. The summed E-state index contributed by atoms with van der Waals surface area (Å²) in [5, 5.41) is 8.92. The predicted molar refractivity (Wildman–Crippen MR) is 81.8 cm³/mol. The van der Waals surface area contributed by atoms with Crippen LogP contribution in [0.3, 0.4) is 0 Å². The monoisotopic (exact) mass is 331 g/mol. The summed E-state index contributed by atoms with van der Waals surface area (Å²) in [5.41, 5.74) is 0.560. The van der Waals surface area contributed by atoms with Gasteiger partial charge in [-0.25, -0.2) is 4.79 Å². The third kappa shape index (κ3) is 6.46. The fourth-order valence-electron chi connectivity index (χ4n) is 1.26. The van der Waals surface area contributed by atoms with Crippen LogP contribution in [0.5, 0.6) is 0 Å². The summed E-state index contributed by atoms with van der Waals surface area (Å²) >= 11 is 11.8. The molecule has 1 aromatic rings. The topological polar surface area (TPSA) is 79.8 Å². The third-order valence-electron chi connectivity index (χ3n) is 2.23. The number of oxime groups is 1. The molecule has 0 aliphatic rings. The lowest BCUT2D eigenvalue weighted by Crippen LogP contribution is -2.41. The van der Waals surface area contributed by atoms with Crippen molar-refractivity contribution in [3.8, 4) is 0 Å². The number of nitrogens with one attached hydrogen (secondary N) is 2. The van der Waals surface area contributed by atoms with Gasteiger partial charge >= 0.3 is 6.03 Å². The van der Waals surface area contributed by atoms with Gasteiger partial charge in [-0.3, -0.25) is 10.1 Å². The van der Waals surface area contributed by atoms with Crippen LogP contribution in [0, 0.1) is 0 Å². The van der Waals surface area contributed by atoms with E-state index in [1.54, 1.807) is 18.2 Å². The average molecular weight is 332 g/mol. The molecule has 21 heavy (non-hydrogen) atoms. The molecule has 2 N–H and O–H groups in total. The molecule has 1 aromatic carbocycles. The molecule has 3 amide bonds. The van der Waals surface area contributed by atoms with Gasteiger partial charge in [-0.15, -0.1) is 0 Å². The molecule has 0 unspecified atom stereocenters. The van der Waals surface area contributed by atoms with Crippen LogP contribution in [0.2, 0.25) is 10.0 Å². The zero-order valence-electron chi connectivity index (χ0n) is 11.4. The van der Waals surface area contributed by atoms with Crippen molar-refractivity contribution in [1.82, 2.24) is 10.6 Å². The van der Waals surface area contributed by atoms with E-state index in [4.69, 9.17) is 28.0 Å². The van der Waals surface area contributed by atoms with Crippen molar-refractivity contribution in [3.63, 3.8) is 0 Å². The Hall–Kier alpha value is -1.79. The molecular weight excluding hydrogens is 317 g/mol. The predicted octanol–water partition coefficient (Wildman–Crippen LogP) is 2.58. The van der Waals surface area contributed by atoms with E-state index in [1.165, 1.54) is 6.21 Å². The molecule has 0 spiro atoms. The number of imide groups is 1. The number of nitrogens with zero attached hydrogens (tertiary/aromatic N) is 1. The summed E-state index contributed by atoms with van der Waals surface area (Å²) in [6.45, 7) is 2.01. The highest BCUT2D eigenvalue weighted by Crippen LogP contribution is 2.24. The van der Waals surface area contributed by atoms with Crippen molar-refractivity contribution in [2.75, 3.05) is 13.2 Å². The van der Waals surface area contributed by atoms with Gasteiger partial charge in [0.05, 0.1) is 16.3 Å². The highest BCUT2D eigenvalue weighted by Gasteiger charge is 2.07. The summed E-state index contributed by atoms with van der Waals surface area (Å²) in [6.07, 6.45) is 2.11. The number of urea groups is 1. The standard InChI is InChI=1S/C13H15Cl2N3O3/c1-2-6-16-13(20)18-11(19)8-21-17-7-9-4-3-5-10(14)12(9)15/h3-5,7H,2,6,8H2,1H3,(H2,16,18,19,20)/b17-7-. The van der Waals surface area contributed by atoms with Crippen molar-refractivity contribution >= 4 is 41.4 Å². The Bertz CT molecular complexity index is 535. The fourth-order valence-corrected chi connectivity index (χ4v) is 1.61. The first-order chi connectivity index (χ1) is 10.0.